The minimum absolute atomic E-state index is 0.0882. The van der Waals surface area contributed by atoms with Gasteiger partial charge in [-0.3, -0.25) is 4.40 Å². The van der Waals surface area contributed by atoms with Crippen LogP contribution in [0.2, 0.25) is 0 Å². The van der Waals surface area contributed by atoms with Crippen LogP contribution in [0.15, 0.2) is 48.5 Å². The van der Waals surface area contributed by atoms with E-state index in [1.54, 1.807) is 0 Å². The lowest BCUT2D eigenvalue weighted by atomic mass is 10.1. The molecule has 23 heavy (non-hydrogen) atoms. The summed E-state index contributed by atoms with van der Waals surface area (Å²) in [5.74, 6) is 0.392. The van der Waals surface area contributed by atoms with Gasteiger partial charge >= 0.3 is 0 Å². The molecule has 0 aliphatic carbocycles. The Balaban J connectivity index is 2.24. The number of benzene rings is 2. The molecule has 0 aliphatic rings. The van der Waals surface area contributed by atoms with E-state index in [1.807, 2.05) is 52.9 Å². The number of rotatable bonds is 3. The summed E-state index contributed by atoms with van der Waals surface area (Å²) in [6.45, 7) is -0.699. The molecule has 4 aromatic rings. The number of fused-ring (bicyclic) bond motifs is 5. The number of imidazole rings is 1. The molecular formula is C18H12FN3O. The van der Waals surface area contributed by atoms with Crippen LogP contribution in [-0.4, -0.2) is 22.7 Å². The molecule has 4 nitrogen and oxygen atoms in total. The van der Waals surface area contributed by atoms with Crippen molar-refractivity contribution in [3.63, 3.8) is 0 Å². The first-order valence-electron chi connectivity index (χ1n) is 7.26. The first kappa shape index (κ1) is 13.5. The van der Waals surface area contributed by atoms with E-state index in [2.05, 4.69) is 11.1 Å². The van der Waals surface area contributed by atoms with Crippen LogP contribution in [-0.2, 0) is 0 Å². The molecule has 0 unspecified atom stereocenters. The molecule has 112 valence electrons. The average Bonchev–Trinajstić information content (AvgIpc) is 2.98. The minimum atomic E-state index is -0.610. The third kappa shape index (κ3) is 1.92. The standard InChI is InChI=1S/C18H12FN3O/c19-9-10-23-17-12-5-1-3-7-15(12)22-16-8-4-2-6-14(16)21-18(22)13(17)11-20/h1-8H,9-10H2. The summed E-state index contributed by atoms with van der Waals surface area (Å²) in [4.78, 5) is 4.57. The fraction of sp³-hybridized carbons (Fsp3) is 0.111. The Morgan fingerprint density at radius 1 is 1.09 bits per heavy atom. The van der Waals surface area contributed by atoms with Crippen molar-refractivity contribution in [2.45, 2.75) is 0 Å². The number of aromatic nitrogens is 2. The molecule has 0 atom stereocenters. The zero-order chi connectivity index (χ0) is 15.8. The number of para-hydroxylation sites is 3. The average molecular weight is 305 g/mol. The van der Waals surface area contributed by atoms with E-state index in [1.165, 1.54) is 0 Å². The van der Waals surface area contributed by atoms with Crippen molar-refractivity contribution < 1.29 is 9.13 Å². The van der Waals surface area contributed by atoms with E-state index >= 15 is 0 Å². The molecule has 2 heterocycles. The third-order valence-corrected chi connectivity index (χ3v) is 3.84. The van der Waals surface area contributed by atoms with Crippen LogP contribution in [0.25, 0.3) is 27.6 Å². The molecule has 2 aromatic carbocycles. The normalized spacial score (nSPS) is 11.1. The number of nitriles is 1. The molecule has 0 saturated carbocycles. The maximum absolute atomic E-state index is 12.6. The van der Waals surface area contributed by atoms with Gasteiger partial charge in [-0.15, -0.1) is 0 Å². The lowest BCUT2D eigenvalue weighted by Crippen LogP contribution is -2.04. The Hall–Kier alpha value is -3.13. The van der Waals surface area contributed by atoms with Crippen molar-refractivity contribution in [3.8, 4) is 11.8 Å². The van der Waals surface area contributed by atoms with Gasteiger partial charge in [-0.2, -0.15) is 5.26 Å². The van der Waals surface area contributed by atoms with Gasteiger partial charge in [0.25, 0.3) is 0 Å². The Morgan fingerprint density at radius 3 is 2.61 bits per heavy atom. The maximum atomic E-state index is 12.6. The molecule has 0 N–H and O–H groups in total. The Bertz CT molecular complexity index is 1080. The molecule has 0 radical (unpaired) electrons. The highest BCUT2D eigenvalue weighted by molar-refractivity contribution is 5.97. The number of pyridine rings is 1. The molecule has 0 fully saturated rings. The molecule has 0 saturated heterocycles. The van der Waals surface area contributed by atoms with E-state index in [9.17, 15) is 9.65 Å². The van der Waals surface area contributed by atoms with E-state index in [4.69, 9.17) is 4.74 Å². The lowest BCUT2D eigenvalue weighted by molar-refractivity contribution is 0.275. The molecule has 0 amide bonds. The lowest BCUT2D eigenvalue weighted by Gasteiger charge is -2.12. The van der Waals surface area contributed by atoms with Crippen LogP contribution in [0.4, 0.5) is 4.39 Å². The zero-order valence-corrected chi connectivity index (χ0v) is 12.2. The number of hydrogen-bond donors (Lipinski definition) is 0. The van der Waals surface area contributed by atoms with Crippen molar-refractivity contribution in [2.75, 3.05) is 13.3 Å². The zero-order valence-electron chi connectivity index (χ0n) is 12.2. The van der Waals surface area contributed by atoms with Gasteiger partial charge in [-0.05, 0) is 24.3 Å². The summed E-state index contributed by atoms with van der Waals surface area (Å²) in [6, 6.07) is 17.5. The van der Waals surface area contributed by atoms with Gasteiger partial charge in [0.05, 0.1) is 16.6 Å². The van der Waals surface area contributed by atoms with E-state index in [0.717, 1.165) is 21.9 Å². The van der Waals surface area contributed by atoms with Crippen LogP contribution >= 0.6 is 0 Å². The number of alkyl halides is 1. The molecule has 5 heteroatoms. The second-order valence-corrected chi connectivity index (χ2v) is 5.13. The topological polar surface area (TPSA) is 50.3 Å². The van der Waals surface area contributed by atoms with Gasteiger partial charge in [0, 0.05) is 5.39 Å². The maximum Gasteiger partial charge on any atom is 0.160 e. The van der Waals surface area contributed by atoms with Crippen molar-refractivity contribution in [3.05, 3.63) is 54.1 Å². The minimum Gasteiger partial charge on any atom is -0.489 e. The third-order valence-electron chi connectivity index (χ3n) is 3.84. The number of ether oxygens (including phenoxy) is 1. The van der Waals surface area contributed by atoms with Crippen molar-refractivity contribution in [2.24, 2.45) is 0 Å². The second-order valence-electron chi connectivity index (χ2n) is 5.13. The number of halogens is 1. The Kier molecular flexibility index (Phi) is 3.09. The SMILES string of the molecule is N#Cc1c(OCCF)c2ccccc2n2c1nc1ccccc12. The summed E-state index contributed by atoms with van der Waals surface area (Å²) in [6.07, 6.45) is 0. The molecule has 4 rings (SSSR count). The smallest absolute Gasteiger partial charge is 0.160 e. The van der Waals surface area contributed by atoms with E-state index in [0.29, 0.717) is 17.0 Å². The van der Waals surface area contributed by atoms with Crippen molar-refractivity contribution in [1.82, 2.24) is 9.38 Å². The van der Waals surface area contributed by atoms with Crippen LogP contribution in [0, 0.1) is 11.3 Å². The molecule has 2 aromatic heterocycles. The van der Waals surface area contributed by atoms with Crippen LogP contribution in [0.3, 0.4) is 0 Å². The van der Waals surface area contributed by atoms with Crippen LogP contribution in [0.5, 0.6) is 5.75 Å². The van der Waals surface area contributed by atoms with Gasteiger partial charge in [0.2, 0.25) is 0 Å². The van der Waals surface area contributed by atoms with Gasteiger partial charge < -0.3 is 4.74 Å². The van der Waals surface area contributed by atoms with Gasteiger partial charge in [-0.25, -0.2) is 9.37 Å². The fourth-order valence-corrected chi connectivity index (χ4v) is 2.93. The molecule has 0 aliphatic heterocycles. The number of nitrogens with zero attached hydrogens (tertiary/aromatic N) is 3. The summed E-state index contributed by atoms with van der Waals surface area (Å²) in [5.41, 5.74) is 3.46. The highest BCUT2D eigenvalue weighted by atomic mass is 19.1. The fourth-order valence-electron chi connectivity index (χ4n) is 2.93. The summed E-state index contributed by atoms with van der Waals surface area (Å²) in [5, 5.41) is 10.4. The van der Waals surface area contributed by atoms with Crippen LogP contribution < -0.4 is 4.74 Å². The predicted molar refractivity (Wildman–Crippen MR) is 86.4 cm³/mol. The Morgan fingerprint density at radius 2 is 1.83 bits per heavy atom. The first-order chi connectivity index (χ1) is 11.3. The monoisotopic (exact) mass is 305 g/mol. The van der Waals surface area contributed by atoms with Gasteiger partial charge in [-0.1, -0.05) is 24.3 Å². The van der Waals surface area contributed by atoms with Crippen molar-refractivity contribution >= 4 is 27.6 Å². The summed E-state index contributed by atoms with van der Waals surface area (Å²) >= 11 is 0. The second kappa shape index (κ2) is 5.25. The van der Waals surface area contributed by atoms with Crippen LogP contribution in [0.1, 0.15) is 5.56 Å². The van der Waals surface area contributed by atoms with E-state index < -0.39 is 6.67 Å². The summed E-state index contributed by atoms with van der Waals surface area (Å²) < 4.78 is 20.1. The quantitative estimate of drug-likeness (QED) is 0.577. The highest BCUT2D eigenvalue weighted by Crippen LogP contribution is 2.34. The van der Waals surface area contributed by atoms with Gasteiger partial charge in [0.1, 0.15) is 30.7 Å². The van der Waals surface area contributed by atoms with E-state index in [-0.39, 0.29) is 6.61 Å². The molecule has 0 spiro atoms. The molecule has 0 bridgehead atoms. The number of hydrogen-bond acceptors (Lipinski definition) is 3. The Labute approximate surface area is 131 Å². The summed E-state index contributed by atoms with van der Waals surface area (Å²) in [7, 11) is 0. The highest BCUT2D eigenvalue weighted by Gasteiger charge is 2.19. The predicted octanol–water partition coefficient (Wildman–Crippen LogP) is 3.86. The molecular weight excluding hydrogens is 293 g/mol. The van der Waals surface area contributed by atoms with Crippen molar-refractivity contribution in [1.29, 1.82) is 5.26 Å². The van der Waals surface area contributed by atoms with Gasteiger partial charge in [0.15, 0.2) is 5.65 Å². The largest absolute Gasteiger partial charge is 0.489 e. The first-order valence-corrected chi connectivity index (χ1v) is 7.26.